The molecule has 1 saturated carbocycles. The third kappa shape index (κ3) is 2.00. The summed E-state index contributed by atoms with van der Waals surface area (Å²) in [7, 11) is 1.72. The Hall–Kier alpha value is -1.02. The van der Waals surface area contributed by atoms with E-state index in [1.165, 1.54) is 16.7 Å². The fraction of sp³-hybridized carbons (Fsp3) is 0.538. The zero-order valence-corrected chi connectivity index (χ0v) is 9.76. The first kappa shape index (κ1) is 10.5. The average Bonchev–Trinajstić information content (AvgIpc) is 2.92. The van der Waals surface area contributed by atoms with Crippen molar-refractivity contribution in [1.29, 1.82) is 0 Å². The quantitative estimate of drug-likeness (QED) is 0.822. The van der Waals surface area contributed by atoms with E-state index < -0.39 is 0 Å². The lowest BCUT2D eigenvalue weighted by Gasteiger charge is -2.15. The molecule has 2 N–H and O–H groups in total. The first-order valence-corrected chi connectivity index (χ1v) is 5.48. The van der Waals surface area contributed by atoms with Crippen LogP contribution in [-0.2, 0) is 6.42 Å². The van der Waals surface area contributed by atoms with Gasteiger partial charge in [0.05, 0.1) is 7.11 Å². The molecule has 0 radical (unpaired) electrons. The highest BCUT2D eigenvalue weighted by atomic mass is 16.5. The van der Waals surface area contributed by atoms with Gasteiger partial charge in [-0.2, -0.15) is 0 Å². The Morgan fingerprint density at radius 3 is 2.47 bits per heavy atom. The van der Waals surface area contributed by atoms with Gasteiger partial charge in [0, 0.05) is 5.54 Å². The van der Waals surface area contributed by atoms with Crippen LogP contribution in [0.2, 0.25) is 0 Å². The molecule has 1 fully saturated rings. The Morgan fingerprint density at radius 2 is 1.93 bits per heavy atom. The maximum absolute atomic E-state index is 6.14. The molecule has 15 heavy (non-hydrogen) atoms. The standard InChI is InChI=1S/C13H19NO/c1-9-10(2)12(15-3)5-4-11(9)8-13(14)6-7-13/h4-5H,6-8,14H2,1-3H3. The Labute approximate surface area is 91.4 Å². The van der Waals surface area contributed by atoms with Crippen molar-refractivity contribution >= 4 is 0 Å². The van der Waals surface area contributed by atoms with E-state index >= 15 is 0 Å². The number of rotatable bonds is 3. The van der Waals surface area contributed by atoms with E-state index in [1.54, 1.807) is 7.11 Å². The number of hydrogen-bond acceptors (Lipinski definition) is 2. The van der Waals surface area contributed by atoms with Crippen LogP contribution in [0.1, 0.15) is 29.5 Å². The highest BCUT2D eigenvalue weighted by Gasteiger charge is 2.38. The molecule has 82 valence electrons. The Morgan fingerprint density at radius 1 is 1.27 bits per heavy atom. The lowest BCUT2D eigenvalue weighted by Crippen LogP contribution is -2.25. The van der Waals surface area contributed by atoms with Crippen LogP contribution >= 0.6 is 0 Å². The zero-order chi connectivity index (χ0) is 11.1. The molecule has 0 unspecified atom stereocenters. The van der Waals surface area contributed by atoms with Crippen LogP contribution in [0.3, 0.4) is 0 Å². The average molecular weight is 205 g/mol. The molecular formula is C13H19NO. The minimum Gasteiger partial charge on any atom is -0.496 e. The molecular weight excluding hydrogens is 186 g/mol. The molecule has 0 saturated heterocycles. The highest BCUT2D eigenvalue weighted by Crippen LogP contribution is 2.37. The van der Waals surface area contributed by atoms with Crippen molar-refractivity contribution in [2.24, 2.45) is 5.73 Å². The van der Waals surface area contributed by atoms with E-state index in [2.05, 4.69) is 19.9 Å². The smallest absolute Gasteiger partial charge is 0.122 e. The second-order valence-corrected chi connectivity index (χ2v) is 4.72. The van der Waals surface area contributed by atoms with Crippen LogP contribution in [0.5, 0.6) is 5.75 Å². The minimum absolute atomic E-state index is 0.0891. The van der Waals surface area contributed by atoms with Gasteiger partial charge in [0.2, 0.25) is 0 Å². The van der Waals surface area contributed by atoms with Crippen LogP contribution in [0, 0.1) is 13.8 Å². The SMILES string of the molecule is COc1ccc(CC2(N)CC2)c(C)c1C. The molecule has 0 amide bonds. The summed E-state index contributed by atoms with van der Waals surface area (Å²) in [6.45, 7) is 4.26. The summed E-state index contributed by atoms with van der Waals surface area (Å²) in [6, 6.07) is 4.19. The van der Waals surface area contributed by atoms with Crippen molar-refractivity contribution in [2.45, 2.75) is 38.6 Å². The van der Waals surface area contributed by atoms with Crippen LogP contribution in [0.15, 0.2) is 12.1 Å². The van der Waals surface area contributed by atoms with Crippen molar-refractivity contribution < 1.29 is 4.74 Å². The van der Waals surface area contributed by atoms with Crippen LogP contribution in [0.25, 0.3) is 0 Å². The number of methoxy groups -OCH3 is 1. The normalized spacial score (nSPS) is 17.6. The molecule has 2 rings (SSSR count). The van der Waals surface area contributed by atoms with E-state index in [0.29, 0.717) is 0 Å². The predicted molar refractivity (Wildman–Crippen MR) is 62.3 cm³/mol. The fourth-order valence-electron chi connectivity index (χ4n) is 1.98. The van der Waals surface area contributed by atoms with Crippen LogP contribution in [0.4, 0.5) is 0 Å². The molecule has 2 nitrogen and oxygen atoms in total. The van der Waals surface area contributed by atoms with Crippen LogP contribution in [-0.4, -0.2) is 12.6 Å². The van der Waals surface area contributed by atoms with Gasteiger partial charge in [0.1, 0.15) is 5.75 Å². The number of hydrogen-bond donors (Lipinski definition) is 1. The summed E-state index contributed by atoms with van der Waals surface area (Å²) in [5.41, 5.74) is 10.2. The first-order valence-electron chi connectivity index (χ1n) is 5.48. The molecule has 0 heterocycles. The monoisotopic (exact) mass is 205 g/mol. The van der Waals surface area contributed by atoms with E-state index in [0.717, 1.165) is 25.0 Å². The summed E-state index contributed by atoms with van der Waals surface area (Å²) in [5, 5.41) is 0. The highest BCUT2D eigenvalue weighted by molar-refractivity contribution is 5.44. The van der Waals surface area contributed by atoms with Gasteiger partial charge >= 0.3 is 0 Å². The molecule has 2 heteroatoms. The van der Waals surface area contributed by atoms with Crippen molar-refractivity contribution in [3.63, 3.8) is 0 Å². The summed E-state index contributed by atoms with van der Waals surface area (Å²) in [6.07, 6.45) is 3.33. The Kier molecular flexibility index (Phi) is 2.47. The van der Waals surface area contributed by atoms with E-state index in [4.69, 9.17) is 10.5 Å². The zero-order valence-electron chi connectivity index (χ0n) is 9.76. The largest absolute Gasteiger partial charge is 0.496 e. The van der Waals surface area contributed by atoms with Gasteiger partial charge in [-0.25, -0.2) is 0 Å². The Balaban J connectivity index is 2.29. The molecule has 0 spiro atoms. The number of nitrogens with two attached hydrogens (primary N) is 1. The maximum atomic E-state index is 6.14. The minimum atomic E-state index is 0.0891. The molecule has 0 aliphatic heterocycles. The number of ether oxygens (including phenoxy) is 1. The summed E-state index contributed by atoms with van der Waals surface area (Å²) >= 11 is 0. The molecule has 1 aromatic carbocycles. The van der Waals surface area contributed by atoms with Gasteiger partial charge in [0.25, 0.3) is 0 Å². The summed E-state index contributed by atoms with van der Waals surface area (Å²) in [4.78, 5) is 0. The lowest BCUT2D eigenvalue weighted by atomic mass is 9.96. The number of benzene rings is 1. The van der Waals surface area contributed by atoms with Crippen molar-refractivity contribution in [3.05, 3.63) is 28.8 Å². The third-order valence-electron chi connectivity index (χ3n) is 3.50. The molecule has 0 atom stereocenters. The summed E-state index contributed by atoms with van der Waals surface area (Å²) in [5.74, 6) is 0.970. The molecule has 1 aliphatic rings. The Bertz CT molecular complexity index is 380. The summed E-state index contributed by atoms with van der Waals surface area (Å²) < 4.78 is 5.30. The second kappa shape index (κ2) is 3.53. The van der Waals surface area contributed by atoms with Gasteiger partial charge in [0.15, 0.2) is 0 Å². The van der Waals surface area contributed by atoms with Gasteiger partial charge in [-0.15, -0.1) is 0 Å². The fourth-order valence-corrected chi connectivity index (χ4v) is 1.98. The van der Waals surface area contributed by atoms with Crippen molar-refractivity contribution in [3.8, 4) is 5.75 Å². The van der Waals surface area contributed by atoms with Gasteiger partial charge in [-0.05, 0) is 55.9 Å². The van der Waals surface area contributed by atoms with Crippen molar-refractivity contribution in [2.75, 3.05) is 7.11 Å². The molecule has 0 aromatic heterocycles. The van der Waals surface area contributed by atoms with Gasteiger partial charge in [-0.1, -0.05) is 6.07 Å². The van der Waals surface area contributed by atoms with Crippen LogP contribution < -0.4 is 10.5 Å². The van der Waals surface area contributed by atoms with E-state index in [1.807, 2.05) is 6.07 Å². The van der Waals surface area contributed by atoms with Crippen molar-refractivity contribution in [1.82, 2.24) is 0 Å². The molecule has 1 aromatic rings. The maximum Gasteiger partial charge on any atom is 0.122 e. The second-order valence-electron chi connectivity index (χ2n) is 4.72. The topological polar surface area (TPSA) is 35.2 Å². The van der Waals surface area contributed by atoms with E-state index in [9.17, 15) is 0 Å². The first-order chi connectivity index (χ1) is 7.06. The third-order valence-corrected chi connectivity index (χ3v) is 3.50. The molecule has 0 bridgehead atoms. The predicted octanol–water partition coefficient (Wildman–Crippen LogP) is 2.35. The van der Waals surface area contributed by atoms with Gasteiger partial charge < -0.3 is 10.5 Å². The molecule has 1 aliphatic carbocycles. The van der Waals surface area contributed by atoms with E-state index in [-0.39, 0.29) is 5.54 Å². The van der Waals surface area contributed by atoms with Gasteiger partial charge in [-0.3, -0.25) is 0 Å². The lowest BCUT2D eigenvalue weighted by molar-refractivity contribution is 0.411.